The maximum Gasteiger partial charge on any atom is 0.293 e. The van der Waals surface area contributed by atoms with Crippen molar-refractivity contribution in [3.63, 3.8) is 0 Å². The van der Waals surface area contributed by atoms with E-state index in [-0.39, 0.29) is 17.1 Å². The van der Waals surface area contributed by atoms with Gasteiger partial charge in [0.05, 0.1) is 20.8 Å². The lowest BCUT2D eigenvalue weighted by molar-refractivity contribution is -0.385. The van der Waals surface area contributed by atoms with Gasteiger partial charge in [0, 0.05) is 16.1 Å². The van der Waals surface area contributed by atoms with Gasteiger partial charge in [-0.05, 0) is 63.1 Å². The van der Waals surface area contributed by atoms with Crippen LogP contribution in [0.25, 0.3) is 6.08 Å². The van der Waals surface area contributed by atoms with Crippen molar-refractivity contribution in [2.75, 3.05) is 0 Å². The molecule has 2 aromatic rings. The summed E-state index contributed by atoms with van der Waals surface area (Å²) in [6.07, 6.45) is 1.45. The van der Waals surface area contributed by atoms with E-state index in [1.807, 2.05) is 0 Å². The van der Waals surface area contributed by atoms with E-state index in [1.165, 1.54) is 24.3 Å². The van der Waals surface area contributed by atoms with Crippen molar-refractivity contribution in [3.8, 4) is 0 Å². The summed E-state index contributed by atoms with van der Waals surface area (Å²) in [5, 5.41) is 11.4. The van der Waals surface area contributed by atoms with Gasteiger partial charge in [0.1, 0.15) is 0 Å². The summed E-state index contributed by atoms with van der Waals surface area (Å²) in [5.74, 6) is -0.485. The van der Waals surface area contributed by atoms with E-state index in [9.17, 15) is 19.7 Å². The van der Waals surface area contributed by atoms with Gasteiger partial charge in [-0.3, -0.25) is 24.6 Å². The first-order chi connectivity index (χ1) is 12.8. The number of halogens is 3. The van der Waals surface area contributed by atoms with Crippen LogP contribution in [0.5, 0.6) is 0 Å². The molecule has 1 saturated heterocycles. The van der Waals surface area contributed by atoms with Crippen LogP contribution in [0.3, 0.4) is 0 Å². The van der Waals surface area contributed by atoms with Crippen LogP contribution in [0.1, 0.15) is 11.1 Å². The third-order valence-electron chi connectivity index (χ3n) is 3.68. The van der Waals surface area contributed by atoms with Crippen LogP contribution in [0, 0.1) is 10.1 Å². The van der Waals surface area contributed by atoms with E-state index in [2.05, 4.69) is 15.9 Å². The summed E-state index contributed by atoms with van der Waals surface area (Å²) >= 11 is 15.8. The summed E-state index contributed by atoms with van der Waals surface area (Å²) in [6.45, 7) is 0.0124. The highest BCUT2D eigenvalue weighted by Crippen LogP contribution is 2.35. The molecule has 0 N–H and O–H groups in total. The molecule has 27 heavy (non-hydrogen) atoms. The lowest BCUT2D eigenvalue weighted by Gasteiger charge is -2.13. The third-order valence-corrected chi connectivity index (χ3v) is 5.85. The molecule has 2 aromatic carbocycles. The van der Waals surface area contributed by atoms with Crippen molar-refractivity contribution in [2.45, 2.75) is 6.54 Å². The second-order valence-corrected chi connectivity index (χ2v) is 8.16. The second kappa shape index (κ2) is 8.02. The van der Waals surface area contributed by atoms with Crippen LogP contribution in [0.4, 0.5) is 10.5 Å². The molecule has 10 heteroatoms. The molecule has 1 heterocycles. The Bertz CT molecular complexity index is 1010. The molecule has 1 aliphatic heterocycles. The van der Waals surface area contributed by atoms with Crippen LogP contribution >= 0.6 is 50.9 Å². The first kappa shape index (κ1) is 19.9. The van der Waals surface area contributed by atoms with Gasteiger partial charge < -0.3 is 0 Å². The third kappa shape index (κ3) is 4.35. The van der Waals surface area contributed by atoms with Gasteiger partial charge >= 0.3 is 0 Å². The van der Waals surface area contributed by atoms with Crippen molar-refractivity contribution in [1.82, 2.24) is 4.90 Å². The SMILES string of the molecule is O=C1S/C(=C\c2ccc(Br)c([N+](=O)[O-])c2)C(=O)N1Cc1ccc(Cl)cc1Cl. The zero-order chi connectivity index (χ0) is 19.7. The quantitative estimate of drug-likeness (QED) is 0.304. The van der Waals surface area contributed by atoms with Gasteiger partial charge in [0.25, 0.3) is 16.8 Å². The topological polar surface area (TPSA) is 80.5 Å². The average molecular weight is 488 g/mol. The number of nitrogens with zero attached hydrogens (tertiary/aromatic N) is 2. The van der Waals surface area contributed by atoms with Crippen molar-refractivity contribution in [3.05, 3.63) is 77.1 Å². The number of benzene rings is 2. The number of hydrogen-bond acceptors (Lipinski definition) is 5. The maximum atomic E-state index is 12.6. The zero-order valence-electron chi connectivity index (χ0n) is 13.3. The average Bonchev–Trinajstić information content (AvgIpc) is 2.86. The summed E-state index contributed by atoms with van der Waals surface area (Å²) < 4.78 is 0.329. The van der Waals surface area contributed by atoms with Crippen molar-refractivity contribution in [2.24, 2.45) is 0 Å². The largest absolute Gasteiger partial charge is 0.293 e. The van der Waals surface area contributed by atoms with Crippen LogP contribution < -0.4 is 0 Å². The van der Waals surface area contributed by atoms with Crippen molar-refractivity contribution in [1.29, 1.82) is 0 Å². The normalized spacial score (nSPS) is 15.7. The Morgan fingerprint density at radius 3 is 2.59 bits per heavy atom. The molecular formula is C17H9BrCl2N2O4S. The van der Waals surface area contributed by atoms with Gasteiger partial charge in [0.2, 0.25) is 0 Å². The molecule has 1 fully saturated rings. The Morgan fingerprint density at radius 1 is 1.19 bits per heavy atom. The summed E-state index contributed by atoms with van der Waals surface area (Å²) in [6, 6.07) is 9.26. The fourth-order valence-corrected chi connectivity index (χ4v) is 4.07. The lowest BCUT2D eigenvalue weighted by atomic mass is 10.2. The molecular weight excluding hydrogens is 479 g/mol. The van der Waals surface area contributed by atoms with Gasteiger partial charge in [-0.25, -0.2) is 0 Å². The van der Waals surface area contributed by atoms with E-state index < -0.39 is 16.1 Å². The summed E-state index contributed by atoms with van der Waals surface area (Å²) in [5.41, 5.74) is 0.903. The Kier molecular flexibility index (Phi) is 5.90. The highest BCUT2D eigenvalue weighted by molar-refractivity contribution is 9.10. The number of carbonyl (C=O) groups excluding carboxylic acids is 2. The molecule has 0 aromatic heterocycles. The van der Waals surface area contributed by atoms with Crippen LogP contribution in [-0.2, 0) is 11.3 Å². The van der Waals surface area contributed by atoms with E-state index in [1.54, 1.807) is 18.2 Å². The molecule has 0 saturated carbocycles. The minimum atomic E-state index is -0.532. The minimum Gasteiger partial charge on any atom is -0.268 e. The molecule has 3 rings (SSSR count). The Balaban J connectivity index is 1.86. The lowest BCUT2D eigenvalue weighted by Crippen LogP contribution is -2.27. The van der Waals surface area contributed by atoms with Crippen LogP contribution in [-0.4, -0.2) is 21.0 Å². The highest BCUT2D eigenvalue weighted by atomic mass is 79.9. The van der Waals surface area contributed by atoms with E-state index in [4.69, 9.17) is 23.2 Å². The molecule has 0 spiro atoms. The summed E-state index contributed by atoms with van der Waals surface area (Å²) in [7, 11) is 0. The molecule has 2 amide bonds. The molecule has 138 valence electrons. The molecule has 1 aliphatic rings. The number of thioether (sulfide) groups is 1. The van der Waals surface area contributed by atoms with Crippen LogP contribution in [0.15, 0.2) is 45.8 Å². The van der Waals surface area contributed by atoms with Gasteiger partial charge in [-0.2, -0.15) is 0 Å². The fraction of sp³-hybridized carbons (Fsp3) is 0.0588. The number of carbonyl (C=O) groups is 2. The molecule has 6 nitrogen and oxygen atoms in total. The standard InChI is InChI=1S/C17H9BrCl2N2O4S/c18-12-4-1-9(5-14(12)22(25)26)6-15-16(23)21(17(24)27-15)8-10-2-3-11(19)7-13(10)20/h1-7H,8H2/b15-6-. The fourth-order valence-electron chi connectivity index (χ4n) is 2.37. The molecule has 0 atom stereocenters. The maximum absolute atomic E-state index is 12.6. The van der Waals surface area contributed by atoms with Gasteiger partial charge in [-0.1, -0.05) is 35.3 Å². The monoisotopic (exact) mass is 486 g/mol. The zero-order valence-corrected chi connectivity index (χ0v) is 17.2. The van der Waals surface area contributed by atoms with Gasteiger partial charge in [0.15, 0.2) is 0 Å². The van der Waals surface area contributed by atoms with Crippen molar-refractivity contribution < 1.29 is 14.5 Å². The molecule has 0 unspecified atom stereocenters. The molecule has 0 aliphatic carbocycles. The van der Waals surface area contributed by atoms with Crippen LogP contribution in [0.2, 0.25) is 10.0 Å². The predicted molar refractivity (Wildman–Crippen MR) is 109 cm³/mol. The second-order valence-electron chi connectivity index (χ2n) is 5.47. The Morgan fingerprint density at radius 2 is 1.93 bits per heavy atom. The van der Waals surface area contributed by atoms with Crippen molar-refractivity contribution >= 4 is 73.8 Å². The number of rotatable bonds is 4. The Hall–Kier alpha value is -1.87. The number of imide groups is 1. The van der Waals surface area contributed by atoms with E-state index >= 15 is 0 Å². The van der Waals surface area contributed by atoms with E-state index in [0.717, 1.165) is 16.7 Å². The predicted octanol–water partition coefficient (Wildman–Crippen LogP) is 5.90. The Labute approximate surface area is 176 Å². The summed E-state index contributed by atoms with van der Waals surface area (Å²) in [4.78, 5) is 36.6. The van der Waals surface area contributed by atoms with E-state index in [0.29, 0.717) is 25.6 Å². The number of nitro benzene ring substituents is 1. The minimum absolute atomic E-state index is 0.0124. The van der Waals surface area contributed by atoms with Gasteiger partial charge in [-0.15, -0.1) is 0 Å². The first-order valence-corrected chi connectivity index (χ1v) is 9.76. The number of amides is 2. The molecule has 0 radical (unpaired) electrons. The highest BCUT2D eigenvalue weighted by Gasteiger charge is 2.35. The first-order valence-electron chi connectivity index (χ1n) is 7.39. The smallest absolute Gasteiger partial charge is 0.268 e. The number of nitro groups is 1. The molecule has 0 bridgehead atoms. The number of hydrogen-bond donors (Lipinski definition) is 0.